The van der Waals surface area contributed by atoms with Crippen LogP contribution in [0.3, 0.4) is 0 Å². The van der Waals surface area contributed by atoms with Crippen molar-refractivity contribution in [2.75, 3.05) is 13.2 Å². The van der Waals surface area contributed by atoms with Gasteiger partial charge in [-0.1, -0.05) is 85.1 Å². The lowest BCUT2D eigenvalue weighted by atomic mass is 9.52. The number of amides is 1. The van der Waals surface area contributed by atoms with Gasteiger partial charge in [0.05, 0.1) is 18.3 Å². The lowest BCUT2D eigenvalue weighted by Crippen LogP contribution is -2.59. The second kappa shape index (κ2) is 17.9. The maximum absolute atomic E-state index is 14.8. The van der Waals surface area contributed by atoms with Gasteiger partial charge in [-0.15, -0.1) is 0 Å². The molecule has 4 aliphatic rings. The number of carbonyl (C=O) groups excluding carboxylic acids is 2. The Morgan fingerprint density at radius 3 is 2.58 bits per heavy atom. The van der Waals surface area contributed by atoms with Gasteiger partial charge in [0.2, 0.25) is 0 Å². The van der Waals surface area contributed by atoms with Crippen molar-refractivity contribution in [3.05, 3.63) is 88.1 Å². The van der Waals surface area contributed by atoms with Crippen LogP contribution in [0.4, 0.5) is 4.79 Å². The molecule has 0 aromatic heterocycles. The number of aliphatic hydroxyl groups is 4. The number of ether oxygens (including phenoxy) is 1. The zero-order chi connectivity index (χ0) is 38.3. The summed E-state index contributed by atoms with van der Waals surface area (Å²) in [4.78, 5) is 27.2. The number of rotatable bonds is 14. The molecule has 0 saturated heterocycles. The van der Waals surface area contributed by atoms with Crippen LogP contribution in [0.25, 0.3) is 0 Å². The topological polar surface area (TPSA) is 162 Å². The van der Waals surface area contributed by atoms with E-state index in [0.29, 0.717) is 61.0 Å². The molecule has 1 heterocycles. The van der Waals surface area contributed by atoms with E-state index in [4.69, 9.17) is 10.5 Å². The van der Waals surface area contributed by atoms with Gasteiger partial charge in [-0.05, 0) is 108 Å². The molecule has 53 heavy (non-hydrogen) atoms. The van der Waals surface area contributed by atoms with Crippen molar-refractivity contribution >= 4 is 11.9 Å². The van der Waals surface area contributed by atoms with Crippen molar-refractivity contribution in [1.82, 2.24) is 5.32 Å². The zero-order valence-corrected chi connectivity index (χ0v) is 32.0. The number of hydrogen-bond acceptors (Lipinski definition) is 8. The van der Waals surface area contributed by atoms with Crippen LogP contribution >= 0.6 is 0 Å². The molecule has 6 unspecified atom stereocenters. The van der Waals surface area contributed by atoms with Crippen molar-refractivity contribution in [2.45, 2.75) is 129 Å². The van der Waals surface area contributed by atoms with E-state index in [1.165, 1.54) is 5.57 Å². The van der Waals surface area contributed by atoms with Gasteiger partial charge in [-0.3, -0.25) is 4.79 Å². The monoisotopic (exact) mass is 730 g/mol. The molecular formula is C44H62N2O7. The first kappa shape index (κ1) is 40.8. The van der Waals surface area contributed by atoms with Gasteiger partial charge < -0.3 is 36.2 Å². The molecule has 3 fully saturated rings. The van der Waals surface area contributed by atoms with E-state index in [-0.39, 0.29) is 43.2 Å². The normalized spacial score (nSPS) is 30.2. The molecule has 290 valence electrons. The van der Waals surface area contributed by atoms with Gasteiger partial charge in [0.1, 0.15) is 11.9 Å². The standard InChI is InChI=1S/C44H62N2O7/c1-28(2)12-8-13-29(3)14-9-18-32(27-48)33-22-24-44(40(33)50)36(20-11-25-47)34(21-23-43(44,4)52)38(30-15-6-5-7-16-30)37(49)26-31-17-10-19-35-39(31)53-42(51)46-41(35)45/h9-10,12,14,17-19,30,33,36,40-41,47-48,50,52H,3,5-8,11,13,15-16,20-27,45H2,1-2,4H3,(H,46,51). The number of para-hydroxylation sites is 1. The number of Topliss-reactive ketones (excluding diaryl/α,β-unsaturated/α-hetero) is 1. The fraction of sp³-hybridized carbons (Fsp3) is 0.591. The Morgan fingerprint density at radius 1 is 1.13 bits per heavy atom. The zero-order valence-electron chi connectivity index (χ0n) is 32.0. The van der Waals surface area contributed by atoms with E-state index in [9.17, 15) is 30.0 Å². The van der Waals surface area contributed by atoms with Crippen LogP contribution in [0.5, 0.6) is 5.75 Å². The highest BCUT2D eigenvalue weighted by atomic mass is 16.6. The molecule has 1 aliphatic heterocycles. The van der Waals surface area contributed by atoms with Gasteiger partial charge in [0, 0.05) is 35.5 Å². The predicted molar refractivity (Wildman–Crippen MR) is 208 cm³/mol. The Kier molecular flexibility index (Phi) is 13.8. The molecule has 7 N–H and O–H groups in total. The van der Waals surface area contributed by atoms with Crippen molar-refractivity contribution in [3.8, 4) is 5.75 Å². The predicted octanol–water partition coefficient (Wildman–Crippen LogP) is 7.20. The average molecular weight is 731 g/mol. The highest BCUT2D eigenvalue weighted by Crippen LogP contribution is 2.63. The smallest absolute Gasteiger partial charge is 0.410 e. The number of hydrogen-bond donors (Lipinski definition) is 6. The molecular weight excluding hydrogens is 668 g/mol. The van der Waals surface area contributed by atoms with Crippen LogP contribution in [0.2, 0.25) is 0 Å². The number of nitrogens with two attached hydrogens (primary N) is 1. The van der Waals surface area contributed by atoms with Gasteiger partial charge in [-0.2, -0.15) is 0 Å². The Morgan fingerprint density at radius 2 is 1.89 bits per heavy atom. The van der Waals surface area contributed by atoms with Crippen LogP contribution in [0.15, 0.2) is 76.9 Å². The van der Waals surface area contributed by atoms with Crippen LogP contribution in [-0.2, 0) is 11.2 Å². The molecule has 5 rings (SSSR count). The minimum absolute atomic E-state index is 0.0309. The Labute approximate surface area is 315 Å². The highest BCUT2D eigenvalue weighted by molar-refractivity contribution is 5.98. The molecule has 6 atom stereocenters. The molecule has 1 amide bonds. The largest absolute Gasteiger partial charge is 0.414 e. The van der Waals surface area contributed by atoms with Gasteiger partial charge in [0.15, 0.2) is 5.78 Å². The van der Waals surface area contributed by atoms with Crippen LogP contribution in [0, 0.1) is 23.2 Å². The maximum atomic E-state index is 14.8. The summed E-state index contributed by atoms with van der Waals surface area (Å²) < 4.78 is 5.58. The van der Waals surface area contributed by atoms with Crippen LogP contribution in [-0.4, -0.2) is 57.2 Å². The Bertz CT molecular complexity index is 1630. The van der Waals surface area contributed by atoms with Gasteiger partial charge >= 0.3 is 6.09 Å². The van der Waals surface area contributed by atoms with Crippen molar-refractivity contribution in [2.24, 2.45) is 28.9 Å². The summed E-state index contributed by atoms with van der Waals surface area (Å²) in [6, 6.07) is 5.42. The summed E-state index contributed by atoms with van der Waals surface area (Å²) in [5.74, 6) is -0.420. The van der Waals surface area contributed by atoms with Gasteiger partial charge in [-0.25, -0.2) is 4.79 Å². The summed E-state index contributed by atoms with van der Waals surface area (Å²) in [6.45, 7) is 9.87. The molecule has 0 bridgehead atoms. The molecule has 9 nitrogen and oxygen atoms in total. The van der Waals surface area contributed by atoms with E-state index in [0.717, 1.165) is 61.7 Å². The van der Waals surface area contributed by atoms with Crippen molar-refractivity contribution in [1.29, 1.82) is 0 Å². The van der Waals surface area contributed by atoms with E-state index in [1.807, 2.05) is 37.3 Å². The first-order valence-electron chi connectivity index (χ1n) is 19.8. The summed E-state index contributed by atoms with van der Waals surface area (Å²) in [6.07, 6.45) is 15.1. The van der Waals surface area contributed by atoms with E-state index >= 15 is 0 Å². The number of ketones is 1. The number of fused-ring (bicyclic) bond motifs is 1. The van der Waals surface area contributed by atoms with E-state index < -0.39 is 29.4 Å². The number of carbonyl (C=O) groups is 2. The molecule has 9 heteroatoms. The highest BCUT2D eigenvalue weighted by Gasteiger charge is 2.64. The third kappa shape index (κ3) is 8.81. The first-order chi connectivity index (χ1) is 25.3. The second-order valence-corrected chi connectivity index (χ2v) is 16.3. The second-order valence-electron chi connectivity index (χ2n) is 16.3. The Balaban J connectivity index is 1.54. The summed E-state index contributed by atoms with van der Waals surface area (Å²) in [5.41, 5.74) is 9.89. The molecule has 1 aromatic rings. The third-order valence-electron chi connectivity index (χ3n) is 12.6. The van der Waals surface area contributed by atoms with E-state index in [1.54, 1.807) is 6.07 Å². The van der Waals surface area contributed by atoms with Crippen molar-refractivity contribution in [3.63, 3.8) is 0 Å². The molecule has 3 aliphatic carbocycles. The van der Waals surface area contributed by atoms with Crippen LogP contribution in [0.1, 0.15) is 122 Å². The number of aliphatic hydroxyl groups excluding tert-OH is 3. The minimum atomic E-state index is -1.25. The Hall–Kier alpha value is -3.34. The third-order valence-corrected chi connectivity index (χ3v) is 12.6. The van der Waals surface area contributed by atoms with Crippen LogP contribution < -0.4 is 15.8 Å². The number of nitrogens with one attached hydrogen (secondary N) is 1. The van der Waals surface area contributed by atoms with Gasteiger partial charge in [0.25, 0.3) is 0 Å². The number of allylic oxidation sites excluding steroid dienone is 8. The summed E-state index contributed by atoms with van der Waals surface area (Å²) in [7, 11) is 0. The molecule has 3 saturated carbocycles. The average Bonchev–Trinajstić information content (AvgIpc) is 3.46. The molecule has 0 radical (unpaired) electrons. The summed E-state index contributed by atoms with van der Waals surface area (Å²) in [5, 5.41) is 48.2. The fourth-order valence-corrected chi connectivity index (χ4v) is 9.94. The minimum Gasteiger partial charge on any atom is -0.410 e. The lowest BCUT2D eigenvalue weighted by molar-refractivity contribution is -0.168. The number of benzene rings is 1. The van der Waals surface area contributed by atoms with E-state index in [2.05, 4.69) is 31.8 Å². The lowest BCUT2D eigenvalue weighted by Gasteiger charge is -2.56. The maximum Gasteiger partial charge on any atom is 0.414 e. The molecule has 1 aromatic carbocycles. The first-order valence-corrected chi connectivity index (χ1v) is 19.8. The SMILES string of the molecule is C=C(C=CC=C(CO)C1CCC2(C(CCCO)C(=C(C(=O)Cc3cccc4c3OC(=O)NC4N)C3CCCCC3)CCC2(C)O)C1O)CCC=C(C)C. The summed E-state index contributed by atoms with van der Waals surface area (Å²) >= 11 is 0. The van der Waals surface area contributed by atoms with Crippen molar-refractivity contribution < 1.29 is 34.8 Å². The molecule has 1 spiro atoms. The fourth-order valence-electron chi connectivity index (χ4n) is 9.94. The quantitative estimate of drug-likeness (QED) is 0.0665.